The second kappa shape index (κ2) is 9.46. The lowest BCUT2D eigenvalue weighted by Gasteiger charge is -2.11. The number of H-pyrrole nitrogens is 1. The third-order valence-corrected chi connectivity index (χ3v) is 5.39. The molecule has 1 aliphatic rings. The van der Waals surface area contributed by atoms with Crippen LogP contribution in [0.5, 0.6) is 0 Å². The van der Waals surface area contributed by atoms with Crippen molar-refractivity contribution in [3.63, 3.8) is 0 Å². The van der Waals surface area contributed by atoms with Crippen molar-refractivity contribution in [2.75, 3.05) is 11.9 Å². The number of nitrogens with one attached hydrogen (secondary N) is 4. The van der Waals surface area contributed by atoms with E-state index in [2.05, 4.69) is 26.0 Å². The average molecular weight is 436 g/mol. The first-order valence-electron chi connectivity index (χ1n) is 10.5. The van der Waals surface area contributed by atoms with E-state index in [0.717, 1.165) is 25.7 Å². The number of aromatic amines is 1. The maximum Gasteiger partial charge on any atom is 0.257 e. The zero-order chi connectivity index (χ0) is 22.5. The van der Waals surface area contributed by atoms with Gasteiger partial charge in [0.25, 0.3) is 5.91 Å². The molecule has 4 rings (SSSR count). The summed E-state index contributed by atoms with van der Waals surface area (Å²) in [5.74, 6) is -1.25. The van der Waals surface area contributed by atoms with E-state index >= 15 is 0 Å². The van der Waals surface area contributed by atoms with Crippen LogP contribution in [0.4, 0.5) is 5.69 Å². The van der Waals surface area contributed by atoms with Gasteiger partial charge in [0.05, 0.1) is 18.4 Å². The van der Waals surface area contributed by atoms with E-state index < -0.39 is 17.2 Å². The van der Waals surface area contributed by atoms with Gasteiger partial charge in [-0.1, -0.05) is 25.0 Å². The summed E-state index contributed by atoms with van der Waals surface area (Å²) in [5.41, 5.74) is 0.550. The molecule has 3 aromatic rings. The van der Waals surface area contributed by atoms with Gasteiger partial charge in [-0.2, -0.15) is 5.10 Å². The van der Waals surface area contributed by atoms with Crippen LogP contribution in [0.1, 0.15) is 36.0 Å². The van der Waals surface area contributed by atoms with E-state index in [1.807, 2.05) is 0 Å². The Balaban J connectivity index is 1.28. The van der Waals surface area contributed by atoms with Gasteiger partial charge in [0, 0.05) is 29.3 Å². The number of anilines is 1. The lowest BCUT2D eigenvalue weighted by molar-refractivity contribution is -0.122. The summed E-state index contributed by atoms with van der Waals surface area (Å²) in [6.07, 6.45) is 8.58. The maximum absolute atomic E-state index is 12.5. The van der Waals surface area contributed by atoms with Gasteiger partial charge in [0.15, 0.2) is 0 Å². The first kappa shape index (κ1) is 21.3. The topological polar surface area (TPSA) is 138 Å². The van der Waals surface area contributed by atoms with Crippen molar-refractivity contribution in [2.24, 2.45) is 0 Å². The molecule has 0 atom stereocenters. The number of rotatable bonds is 7. The number of carbonyl (C=O) groups is 3. The zero-order valence-corrected chi connectivity index (χ0v) is 17.4. The van der Waals surface area contributed by atoms with Crippen molar-refractivity contribution in [1.82, 2.24) is 25.4 Å². The number of pyridine rings is 1. The lowest BCUT2D eigenvalue weighted by Crippen LogP contribution is -2.35. The van der Waals surface area contributed by atoms with Gasteiger partial charge in [-0.25, -0.2) is 0 Å². The van der Waals surface area contributed by atoms with E-state index in [1.165, 1.54) is 17.1 Å². The predicted molar refractivity (Wildman–Crippen MR) is 118 cm³/mol. The molecule has 1 fully saturated rings. The van der Waals surface area contributed by atoms with Gasteiger partial charge in [0.1, 0.15) is 12.1 Å². The Morgan fingerprint density at radius 2 is 1.91 bits per heavy atom. The Labute approximate surface area is 183 Å². The van der Waals surface area contributed by atoms with Crippen LogP contribution in [0.3, 0.4) is 0 Å². The number of para-hydroxylation sites is 1. The molecule has 0 aliphatic heterocycles. The molecule has 2 heterocycles. The molecule has 1 aromatic carbocycles. The van der Waals surface area contributed by atoms with Crippen LogP contribution in [0.15, 0.2) is 47.7 Å². The van der Waals surface area contributed by atoms with Gasteiger partial charge in [-0.3, -0.25) is 23.9 Å². The molecule has 0 spiro atoms. The summed E-state index contributed by atoms with van der Waals surface area (Å²) in [6.45, 7) is -0.258. The summed E-state index contributed by atoms with van der Waals surface area (Å²) in [7, 11) is 0. The fourth-order valence-electron chi connectivity index (χ4n) is 3.80. The standard InChI is InChI=1S/C22H24N6O4/c29-19(11-24-22(32)17-10-23-18-8-4-3-7-16(18)21(17)31)27-15-9-25-28(12-15)13-20(30)26-14-5-1-2-6-14/h3-4,7-10,12,14H,1-2,5-6,11,13H2,(H,23,31)(H,24,32)(H,26,30)(H,27,29). The molecule has 3 amide bonds. The number of aromatic nitrogens is 3. The van der Waals surface area contributed by atoms with E-state index in [-0.39, 0.29) is 30.6 Å². The Morgan fingerprint density at radius 1 is 1.12 bits per heavy atom. The molecule has 1 aliphatic carbocycles. The molecule has 1 saturated carbocycles. The normalized spacial score (nSPS) is 13.8. The number of fused-ring (bicyclic) bond motifs is 1. The molecule has 4 N–H and O–H groups in total. The highest BCUT2D eigenvalue weighted by Gasteiger charge is 2.18. The van der Waals surface area contributed by atoms with Crippen molar-refractivity contribution in [1.29, 1.82) is 0 Å². The summed E-state index contributed by atoms with van der Waals surface area (Å²) in [4.78, 5) is 52.0. The van der Waals surface area contributed by atoms with Gasteiger partial charge in [0.2, 0.25) is 17.2 Å². The van der Waals surface area contributed by atoms with E-state index in [0.29, 0.717) is 16.6 Å². The highest BCUT2D eigenvalue weighted by Crippen LogP contribution is 2.17. The van der Waals surface area contributed by atoms with E-state index in [4.69, 9.17) is 0 Å². The molecule has 0 bridgehead atoms. The van der Waals surface area contributed by atoms with Crippen LogP contribution in [0.25, 0.3) is 10.9 Å². The zero-order valence-electron chi connectivity index (χ0n) is 17.4. The van der Waals surface area contributed by atoms with Crippen LogP contribution in [0.2, 0.25) is 0 Å². The van der Waals surface area contributed by atoms with E-state index in [1.54, 1.807) is 30.5 Å². The smallest absolute Gasteiger partial charge is 0.257 e. The van der Waals surface area contributed by atoms with Gasteiger partial charge < -0.3 is 20.9 Å². The van der Waals surface area contributed by atoms with Crippen molar-refractivity contribution in [3.05, 3.63) is 58.6 Å². The predicted octanol–water partition coefficient (Wildman–Crippen LogP) is 1.15. The average Bonchev–Trinajstić information content (AvgIpc) is 3.44. The molecule has 10 nitrogen and oxygen atoms in total. The Bertz CT molecular complexity index is 1210. The molecular weight excluding hydrogens is 412 g/mol. The fraction of sp³-hybridized carbons (Fsp3) is 0.318. The number of carbonyl (C=O) groups excluding carboxylic acids is 3. The Hall–Kier alpha value is -3.95. The van der Waals surface area contributed by atoms with Crippen LogP contribution in [-0.4, -0.2) is 45.1 Å². The molecule has 10 heteroatoms. The fourth-order valence-corrected chi connectivity index (χ4v) is 3.80. The number of hydrogen-bond acceptors (Lipinski definition) is 5. The Kier molecular flexibility index (Phi) is 6.29. The van der Waals surface area contributed by atoms with Crippen molar-refractivity contribution in [2.45, 2.75) is 38.3 Å². The molecule has 0 unspecified atom stereocenters. The van der Waals surface area contributed by atoms with Gasteiger partial charge in [-0.05, 0) is 25.0 Å². The summed E-state index contributed by atoms with van der Waals surface area (Å²) < 4.78 is 1.44. The summed E-state index contributed by atoms with van der Waals surface area (Å²) >= 11 is 0. The van der Waals surface area contributed by atoms with Crippen LogP contribution < -0.4 is 21.4 Å². The molecule has 0 radical (unpaired) electrons. The summed E-state index contributed by atoms with van der Waals surface area (Å²) in [5, 5.41) is 12.5. The highest BCUT2D eigenvalue weighted by atomic mass is 16.2. The van der Waals surface area contributed by atoms with Crippen LogP contribution >= 0.6 is 0 Å². The first-order chi connectivity index (χ1) is 15.5. The quantitative estimate of drug-likeness (QED) is 0.440. The SMILES string of the molecule is O=C(CNC(=O)c1c[nH]c2ccccc2c1=O)Nc1cnn(CC(=O)NC2CCCC2)c1. The minimum Gasteiger partial charge on any atom is -0.360 e. The van der Waals surface area contributed by atoms with Crippen molar-refractivity contribution >= 4 is 34.3 Å². The lowest BCUT2D eigenvalue weighted by atomic mass is 10.1. The number of nitrogens with zero attached hydrogens (tertiary/aromatic N) is 2. The van der Waals surface area contributed by atoms with Gasteiger partial charge >= 0.3 is 0 Å². The largest absolute Gasteiger partial charge is 0.360 e. The number of benzene rings is 1. The second-order valence-corrected chi connectivity index (χ2v) is 7.78. The minimum atomic E-state index is -0.647. The molecule has 2 aromatic heterocycles. The number of amides is 3. The first-order valence-corrected chi connectivity index (χ1v) is 10.5. The summed E-state index contributed by atoms with van der Waals surface area (Å²) in [6, 6.07) is 7.10. The van der Waals surface area contributed by atoms with Crippen molar-refractivity contribution in [3.8, 4) is 0 Å². The third kappa shape index (κ3) is 5.02. The van der Waals surface area contributed by atoms with Gasteiger partial charge in [-0.15, -0.1) is 0 Å². The number of hydrogen-bond donors (Lipinski definition) is 4. The maximum atomic E-state index is 12.5. The highest BCUT2D eigenvalue weighted by molar-refractivity contribution is 6.00. The minimum absolute atomic E-state index is 0.0633. The molecule has 32 heavy (non-hydrogen) atoms. The molecule has 166 valence electrons. The second-order valence-electron chi connectivity index (χ2n) is 7.78. The molecular formula is C22H24N6O4. The third-order valence-electron chi connectivity index (χ3n) is 5.39. The monoisotopic (exact) mass is 436 g/mol. The van der Waals surface area contributed by atoms with Crippen LogP contribution in [-0.2, 0) is 16.1 Å². The van der Waals surface area contributed by atoms with E-state index in [9.17, 15) is 19.2 Å². The molecule has 0 saturated heterocycles. The Morgan fingerprint density at radius 3 is 2.72 bits per heavy atom. The van der Waals surface area contributed by atoms with Crippen molar-refractivity contribution < 1.29 is 14.4 Å². The van der Waals surface area contributed by atoms with Crippen LogP contribution in [0, 0.1) is 0 Å².